The summed E-state index contributed by atoms with van der Waals surface area (Å²) in [6.45, 7) is 5.72. The number of carbonyl (C=O) groups is 1. The van der Waals surface area contributed by atoms with Crippen LogP contribution in [0, 0.1) is 5.41 Å². The van der Waals surface area contributed by atoms with E-state index in [2.05, 4.69) is 24.1 Å². The first kappa shape index (κ1) is 21.2. The van der Waals surface area contributed by atoms with Gasteiger partial charge in [-0.1, -0.05) is 33.1 Å². The third-order valence-electron chi connectivity index (χ3n) is 5.16. The van der Waals surface area contributed by atoms with Crippen LogP contribution in [0.25, 0.3) is 0 Å². The summed E-state index contributed by atoms with van der Waals surface area (Å²) in [4.78, 5) is 18.9. The highest BCUT2D eigenvalue weighted by Crippen LogP contribution is 2.26. The van der Waals surface area contributed by atoms with Gasteiger partial charge in [-0.3, -0.25) is 4.79 Å². The third-order valence-corrected chi connectivity index (χ3v) is 5.16. The van der Waals surface area contributed by atoms with Crippen LogP contribution in [0.4, 0.5) is 11.5 Å². The fourth-order valence-electron chi connectivity index (χ4n) is 3.76. The number of amides is 1. The summed E-state index contributed by atoms with van der Waals surface area (Å²) in [7, 11) is 0. The number of rotatable bonds is 10. The Hall–Kier alpha value is -2.11. The number of carbonyl (C=O) groups excluding carboxylic acids is 1. The highest BCUT2D eigenvalue weighted by Gasteiger charge is 2.20. The molecule has 1 saturated carbocycles. The average molecular weight is 374 g/mol. The zero-order chi connectivity index (χ0) is 19.6. The lowest BCUT2D eigenvalue weighted by atomic mass is 9.95. The van der Waals surface area contributed by atoms with Gasteiger partial charge in [-0.15, -0.1) is 0 Å². The molecule has 0 atom stereocenters. The molecule has 1 amide bonds. The van der Waals surface area contributed by atoms with Crippen molar-refractivity contribution >= 4 is 23.1 Å². The Morgan fingerprint density at radius 2 is 1.89 bits per heavy atom. The number of hydrogen-bond donors (Lipinski definition) is 3. The lowest BCUT2D eigenvalue weighted by Crippen LogP contribution is -2.32. The molecule has 1 fully saturated rings. The molecular weight excluding hydrogens is 338 g/mol. The van der Waals surface area contributed by atoms with Crippen LogP contribution in [0.1, 0.15) is 77.2 Å². The maximum Gasteiger partial charge on any atom is 0.222 e. The van der Waals surface area contributed by atoms with Gasteiger partial charge in [-0.05, 0) is 38.2 Å². The zero-order valence-corrected chi connectivity index (χ0v) is 16.9. The van der Waals surface area contributed by atoms with Crippen LogP contribution < -0.4 is 11.1 Å². The molecule has 0 bridgehead atoms. The lowest BCUT2D eigenvalue weighted by molar-refractivity contribution is -0.131. The molecule has 0 unspecified atom stereocenters. The van der Waals surface area contributed by atoms with Gasteiger partial charge in [0, 0.05) is 43.1 Å². The number of nitrogens with two attached hydrogens (primary N) is 1. The largest absolute Gasteiger partial charge is 0.398 e. The smallest absolute Gasteiger partial charge is 0.222 e. The van der Waals surface area contributed by atoms with Gasteiger partial charge in [0.2, 0.25) is 5.91 Å². The van der Waals surface area contributed by atoms with E-state index < -0.39 is 0 Å². The first-order valence-electron chi connectivity index (χ1n) is 10.4. The van der Waals surface area contributed by atoms with Gasteiger partial charge >= 0.3 is 0 Å². The van der Waals surface area contributed by atoms with Crippen molar-refractivity contribution in [3.8, 4) is 0 Å². The monoisotopic (exact) mass is 373 g/mol. The highest BCUT2D eigenvalue weighted by atomic mass is 16.2. The zero-order valence-electron chi connectivity index (χ0n) is 16.9. The normalized spacial score (nSPS) is 14.7. The molecule has 1 aromatic rings. The van der Waals surface area contributed by atoms with E-state index >= 15 is 0 Å². The first-order chi connectivity index (χ1) is 13.1. The van der Waals surface area contributed by atoms with Gasteiger partial charge in [0.25, 0.3) is 0 Å². The van der Waals surface area contributed by atoms with Crippen LogP contribution in [-0.4, -0.2) is 40.6 Å². The molecule has 1 heterocycles. The number of pyridine rings is 1. The van der Waals surface area contributed by atoms with E-state index in [9.17, 15) is 4.79 Å². The van der Waals surface area contributed by atoms with E-state index in [0.29, 0.717) is 41.7 Å². The molecule has 4 N–H and O–H groups in total. The van der Waals surface area contributed by atoms with Crippen LogP contribution in [0.2, 0.25) is 0 Å². The van der Waals surface area contributed by atoms with Gasteiger partial charge < -0.3 is 21.4 Å². The molecule has 0 radical (unpaired) electrons. The van der Waals surface area contributed by atoms with Gasteiger partial charge in [-0.25, -0.2) is 4.98 Å². The Bertz CT molecular complexity index is 619. The number of nitrogens with one attached hydrogen (secondary N) is 2. The van der Waals surface area contributed by atoms with Gasteiger partial charge in [-0.2, -0.15) is 0 Å². The molecule has 1 aromatic heterocycles. The van der Waals surface area contributed by atoms with E-state index in [1.807, 2.05) is 4.90 Å². The van der Waals surface area contributed by atoms with Crippen molar-refractivity contribution < 1.29 is 4.79 Å². The number of anilines is 2. The van der Waals surface area contributed by atoms with Crippen molar-refractivity contribution in [1.82, 2.24) is 9.88 Å². The van der Waals surface area contributed by atoms with Crippen molar-refractivity contribution in [2.24, 2.45) is 0 Å². The third kappa shape index (κ3) is 6.22. The van der Waals surface area contributed by atoms with Gasteiger partial charge in [0.15, 0.2) is 0 Å². The van der Waals surface area contributed by atoms with Crippen molar-refractivity contribution in [1.29, 1.82) is 5.41 Å². The molecular formula is C21H35N5O. The first-order valence-corrected chi connectivity index (χ1v) is 10.4. The predicted octanol–water partition coefficient (Wildman–Crippen LogP) is 4.21. The van der Waals surface area contributed by atoms with Gasteiger partial charge in [0.05, 0.1) is 5.56 Å². The van der Waals surface area contributed by atoms with E-state index in [1.54, 1.807) is 12.3 Å². The van der Waals surface area contributed by atoms with Crippen molar-refractivity contribution in [2.45, 2.75) is 77.7 Å². The molecule has 27 heavy (non-hydrogen) atoms. The number of hydrogen-bond acceptors (Lipinski definition) is 5. The molecule has 1 aliphatic rings. The fourth-order valence-corrected chi connectivity index (χ4v) is 3.76. The SMILES string of the molecule is CCCN(CCC)C(=O)CCC(=N)c1c(N)ccnc1NC1CCCCC1. The molecule has 150 valence electrons. The quantitative estimate of drug-likeness (QED) is 0.536. The maximum atomic E-state index is 12.5. The predicted molar refractivity (Wildman–Crippen MR) is 112 cm³/mol. The maximum absolute atomic E-state index is 12.5. The lowest BCUT2D eigenvalue weighted by Gasteiger charge is -2.25. The summed E-state index contributed by atoms with van der Waals surface area (Å²) in [5, 5.41) is 12.0. The van der Waals surface area contributed by atoms with Crippen LogP contribution in [0.15, 0.2) is 12.3 Å². The summed E-state index contributed by atoms with van der Waals surface area (Å²) in [5.74, 6) is 0.811. The second kappa shape index (κ2) is 10.9. The van der Waals surface area contributed by atoms with Crippen LogP contribution in [0.3, 0.4) is 0 Å². The standard InChI is InChI=1S/C21H35N5O/c1-3-14-26(15-4-2)19(27)11-10-17(22)20-18(23)12-13-24-21(20)25-16-8-6-5-7-9-16/h12-13,16,22H,3-11,14-15H2,1-2H3,(H3,23,24,25). The molecule has 1 aliphatic carbocycles. The Balaban J connectivity index is 2.03. The van der Waals surface area contributed by atoms with Crippen molar-refractivity contribution in [3.63, 3.8) is 0 Å². The Labute approximate surface area is 163 Å². The minimum absolute atomic E-state index is 0.118. The summed E-state index contributed by atoms with van der Waals surface area (Å²) >= 11 is 0. The van der Waals surface area contributed by atoms with E-state index in [0.717, 1.165) is 38.8 Å². The molecule has 0 saturated heterocycles. The number of nitrogens with zero attached hydrogens (tertiary/aromatic N) is 2. The van der Waals surface area contributed by atoms with E-state index in [1.165, 1.54) is 19.3 Å². The minimum atomic E-state index is 0.118. The van der Waals surface area contributed by atoms with Gasteiger partial charge in [0.1, 0.15) is 5.82 Å². The van der Waals surface area contributed by atoms with Crippen molar-refractivity contribution in [3.05, 3.63) is 17.8 Å². The van der Waals surface area contributed by atoms with Crippen LogP contribution in [0.5, 0.6) is 0 Å². The topological polar surface area (TPSA) is 95.1 Å². The molecule has 0 spiro atoms. The summed E-state index contributed by atoms with van der Waals surface area (Å²) in [5.41, 5.74) is 7.78. The Morgan fingerprint density at radius 1 is 1.22 bits per heavy atom. The summed E-state index contributed by atoms with van der Waals surface area (Å²) in [6.07, 6.45) is 10.3. The number of aromatic nitrogens is 1. The summed E-state index contributed by atoms with van der Waals surface area (Å²) < 4.78 is 0. The number of nitrogen functional groups attached to an aromatic ring is 1. The average Bonchev–Trinajstić information content (AvgIpc) is 2.66. The Morgan fingerprint density at radius 3 is 2.52 bits per heavy atom. The molecule has 6 heteroatoms. The second-order valence-electron chi connectivity index (χ2n) is 7.46. The van der Waals surface area contributed by atoms with E-state index in [4.69, 9.17) is 11.1 Å². The minimum Gasteiger partial charge on any atom is -0.398 e. The molecule has 6 nitrogen and oxygen atoms in total. The highest BCUT2D eigenvalue weighted by molar-refractivity contribution is 6.07. The Kier molecular flexibility index (Phi) is 8.55. The van der Waals surface area contributed by atoms with Crippen LogP contribution in [-0.2, 0) is 4.79 Å². The fraction of sp³-hybridized carbons (Fsp3) is 0.667. The molecule has 0 aromatic carbocycles. The molecule has 2 rings (SSSR count). The van der Waals surface area contributed by atoms with Crippen molar-refractivity contribution in [2.75, 3.05) is 24.1 Å². The van der Waals surface area contributed by atoms with E-state index in [-0.39, 0.29) is 5.91 Å². The summed E-state index contributed by atoms with van der Waals surface area (Å²) in [6, 6.07) is 2.13. The second-order valence-corrected chi connectivity index (χ2v) is 7.46. The van der Waals surface area contributed by atoms with Crippen LogP contribution >= 0.6 is 0 Å². The molecule has 0 aliphatic heterocycles.